The molecule has 1 aromatic heterocycles. The van der Waals surface area contributed by atoms with Gasteiger partial charge in [0, 0.05) is 24.3 Å². The molecule has 2 rings (SSSR count). The van der Waals surface area contributed by atoms with Crippen LogP contribution in [0.1, 0.15) is 11.7 Å². The molecule has 0 bridgehead atoms. The number of pyridine rings is 1. The summed E-state index contributed by atoms with van der Waals surface area (Å²) in [7, 11) is 0. The summed E-state index contributed by atoms with van der Waals surface area (Å²) in [6, 6.07) is 9.77. The van der Waals surface area contributed by atoms with Crippen LogP contribution in [0.4, 0.5) is 5.69 Å². The maximum Gasteiger partial charge on any atom is 0.286 e. The Kier molecular flexibility index (Phi) is 8.12. The highest BCUT2D eigenvalue weighted by molar-refractivity contribution is 5.74. The van der Waals surface area contributed by atoms with E-state index in [4.69, 9.17) is 0 Å². The molecule has 2 aromatic rings. The molecule has 0 radical (unpaired) electrons. The summed E-state index contributed by atoms with van der Waals surface area (Å²) in [4.78, 5) is 22.1. The van der Waals surface area contributed by atoms with E-state index in [1.165, 1.54) is 24.3 Å². The number of aliphatic hydroxyl groups excluding tert-OH is 2. The van der Waals surface area contributed by atoms with Crippen LogP contribution >= 0.6 is 0 Å². The first kappa shape index (κ1) is 20.7. The molecule has 0 aliphatic carbocycles. The van der Waals surface area contributed by atoms with Gasteiger partial charge >= 0.3 is 0 Å². The van der Waals surface area contributed by atoms with Crippen LogP contribution in [0.3, 0.4) is 0 Å². The van der Waals surface area contributed by atoms with Crippen LogP contribution in [0.25, 0.3) is 0 Å². The van der Waals surface area contributed by atoms with Crippen molar-refractivity contribution in [3.05, 3.63) is 70.5 Å². The van der Waals surface area contributed by atoms with Gasteiger partial charge < -0.3 is 32.5 Å². The number of nitrogens with zero attached hydrogens (tertiary/aromatic N) is 2. The second kappa shape index (κ2) is 9.82. The van der Waals surface area contributed by atoms with E-state index in [1.807, 2.05) is 6.07 Å². The highest BCUT2D eigenvalue weighted by Crippen LogP contribution is 2.20. The predicted molar refractivity (Wildman–Crippen MR) is 83.7 cm³/mol. The molecule has 25 heavy (non-hydrogen) atoms. The zero-order chi connectivity index (χ0) is 17.5. The van der Waals surface area contributed by atoms with Gasteiger partial charge in [-0.15, -0.1) is 0 Å². The molecular weight excluding hydrogens is 394 g/mol. The van der Waals surface area contributed by atoms with Crippen molar-refractivity contribution in [3.8, 4) is 0 Å². The van der Waals surface area contributed by atoms with Crippen LogP contribution in [-0.2, 0) is 11.3 Å². The van der Waals surface area contributed by atoms with E-state index < -0.39 is 23.7 Å². The smallest absolute Gasteiger partial charge is 0.286 e. The van der Waals surface area contributed by atoms with Crippen molar-refractivity contribution in [2.24, 2.45) is 0 Å². The standard InChI is InChI=1S/C16H17N3O5.BrH/c20-11-14(17-15(21)10-18-8-2-1-3-9-18)16(22)12-4-6-13(7-5-12)19(23)24;/h1-9,14,16,20,22H,10-11H2;1H/t14-,16+;/m0./s1. The van der Waals surface area contributed by atoms with Crippen molar-refractivity contribution in [2.75, 3.05) is 6.61 Å². The van der Waals surface area contributed by atoms with Crippen molar-refractivity contribution in [1.82, 2.24) is 5.32 Å². The van der Waals surface area contributed by atoms with Crippen molar-refractivity contribution in [2.45, 2.75) is 18.7 Å². The molecule has 0 saturated heterocycles. The van der Waals surface area contributed by atoms with Gasteiger partial charge in [-0.2, -0.15) is 4.57 Å². The van der Waals surface area contributed by atoms with Crippen molar-refractivity contribution >= 4 is 11.6 Å². The number of carbonyl (C=O) groups is 1. The van der Waals surface area contributed by atoms with Gasteiger partial charge in [-0.3, -0.25) is 14.9 Å². The summed E-state index contributed by atoms with van der Waals surface area (Å²) < 4.78 is 1.65. The molecule has 0 saturated carbocycles. The molecule has 0 fully saturated rings. The molecule has 8 nitrogen and oxygen atoms in total. The van der Waals surface area contributed by atoms with E-state index in [-0.39, 0.29) is 35.1 Å². The summed E-state index contributed by atoms with van der Waals surface area (Å²) in [5.74, 6) is -0.369. The number of nitrogens with one attached hydrogen (secondary N) is 1. The van der Waals surface area contributed by atoms with E-state index in [0.29, 0.717) is 5.56 Å². The van der Waals surface area contributed by atoms with Gasteiger partial charge in [0.15, 0.2) is 12.4 Å². The van der Waals surface area contributed by atoms with Crippen molar-refractivity contribution in [1.29, 1.82) is 0 Å². The van der Waals surface area contributed by atoms with E-state index >= 15 is 0 Å². The van der Waals surface area contributed by atoms with E-state index in [2.05, 4.69) is 5.32 Å². The summed E-state index contributed by atoms with van der Waals surface area (Å²) in [6.45, 7) is -0.423. The lowest BCUT2D eigenvalue weighted by atomic mass is 10.0. The molecule has 2 atom stereocenters. The Morgan fingerprint density at radius 3 is 2.32 bits per heavy atom. The zero-order valence-electron chi connectivity index (χ0n) is 13.2. The number of benzene rings is 1. The fourth-order valence-electron chi connectivity index (χ4n) is 2.21. The maximum atomic E-state index is 12.0. The molecule has 0 aliphatic heterocycles. The Morgan fingerprint density at radius 2 is 1.80 bits per heavy atom. The Hall–Kier alpha value is -2.36. The van der Waals surface area contributed by atoms with Gasteiger partial charge in [0.1, 0.15) is 6.10 Å². The number of hydrogen-bond acceptors (Lipinski definition) is 5. The summed E-state index contributed by atoms with van der Waals surface area (Å²) in [5.41, 5.74) is 0.267. The number of rotatable bonds is 7. The van der Waals surface area contributed by atoms with E-state index in [0.717, 1.165) is 0 Å². The first-order chi connectivity index (χ1) is 11.5. The quantitative estimate of drug-likeness (QED) is 0.256. The minimum Gasteiger partial charge on any atom is -1.00 e. The fraction of sp³-hybridized carbons (Fsp3) is 0.250. The monoisotopic (exact) mass is 411 g/mol. The highest BCUT2D eigenvalue weighted by Gasteiger charge is 2.24. The third-order valence-corrected chi connectivity index (χ3v) is 3.47. The number of hydrogen-bond donors (Lipinski definition) is 3. The molecule has 1 amide bonds. The van der Waals surface area contributed by atoms with Gasteiger partial charge in [-0.1, -0.05) is 6.07 Å². The predicted octanol–water partition coefficient (Wildman–Crippen LogP) is -2.90. The molecule has 3 N–H and O–H groups in total. The van der Waals surface area contributed by atoms with Crippen LogP contribution < -0.4 is 26.9 Å². The normalized spacial score (nSPS) is 12.6. The first-order valence-electron chi connectivity index (χ1n) is 7.28. The lowest BCUT2D eigenvalue weighted by molar-refractivity contribution is -0.684. The molecule has 0 aliphatic rings. The topological polar surface area (TPSA) is 117 Å². The molecular formula is C16H18BrN3O5. The number of amides is 1. The summed E-state index contributed by atoms with van der Waals surface area (Å²) >= 11 is 0. The number of nitro groups is 1. The number of halogens is 1. The minimum absolute atomic E-state index is 0. The third kappa shape index (κ3) is 5.89. The first-order valence-corrected chi connectivity index (χ1v) is 7.28. The number of nitro benzene ring substituents is 1. The molecule has 134 valence electrons. The number of aromatic nitrogens is 1. The number of aliphatic hydroxyl groups is 2. The Labute approximate surface area is 154 Å². The second-order valence-corrected chi connectivity index (χ2v) is 5.20. The summed E-state index contributed by atoms with van der Waals surface area (Å²) in [5, 5.41) is 32.9. The van der Waals surface area contributed by atoms with Gasteiger partial charge in [0.05, 0.1) is 17.6 Å². The second-order valence-electron chi connectivity index (χ2n) is 5.20. The average Bonchev–Trinajstić information content (AvgIpc) is 2.60. The SMILES string of the molecule is O=C(C[n+]1ccccc1)N[C@@H](CO)[C@H](O)c1ccc([N+](=O)[O-])cc1.[Br-]. The largest absolute Gasteiger partial charge is 1.00 e. The number of non-ortho nitro benzene ring substituents is 1. The van der Waals surface area contributed by atoms with E-state index in [1.54, 1.807) is 29.1 Å². The highest BCUT2D eigenvalue weighted by atomic mass is 79.9. The third-order valence-electron chi connectivity index (χ3n) is 3.47. The number of carbonyl (C=O) groups excluding carboxylic acids is 1. The van der Waals surface area contributed by atoms with Crippen LogP contribution in [0.15, 0.2) is 54.9 Å². The van der Waals surface area contributed by atoms with Gasteiger partial charge in [-0.05, 0) is 17.7 Å². The average molecular weight is 412 g/mol. The molecule has 1 heterocycles. The fourth-order valence-corrected chi connectivity index (χ4v) is 2.21. The zero-order valence-corrected chi connectivity index (χ0v) is 14.7. The lowest BCUT2D eigenvalue weighted by Gasteiger charge is -2.22. The minimum atomic E-state index is -1.18. The van der Waals surface area contributed by atoms with Crippen LogP contribution in [0.2, 0.25) is 0 Å². The van der Waals surface area contributed by atoms with Crippen LogP contribution in [0, 0.1) is 10.1 Å². The van der Waals surface area contributed by atoms with Gasteiger partial charge in [-0.25, -0.2) is 0 Å². The van der Waals surface area contributed by atoms with Gasteiger partial charge in [0.25, 0.3) is 11.6 Å². The van der Waals surface area contributed by atoms with Crippen LogP contribution in [0.5, 0.6) is 0 Å². The molecule has 0 unspecified atom stereocenters. The molecule has 1 aromatic carbocycles. The van der Waals surface area contributed by atoms with Crippen LogP contribution in [-0.4, -0.2) is 33.7 Å². The molecule has 0 spiro atoms. The lowest BCUT2D eigenvalue weighted by Crippen LogP contribution is -3.00. The maximum absolute atomic E-state index is 12.0. The Balaban J connectivity index is 0.00000312. The van der Waals surface area contributed by atoms with Gasteiger partial charge in [0.2, 0.25) is 6.54 Å². The van der Waals surface area contributed by atoms with Crippen molar-refractivity contribution in [3.63, 3.8) is 0 Å². The van der Waals surface area contributed by atoms with E-state index in [9.17, 15) is 25.1 Å². The molecule has 9 heteroatoms. The summed E-state index contributed by atoms with van der Waals surface area (Å²) in [6.07, 6.45) is 2.26. The Bertz CT molecular complexity index is 697. The Morgan fingerprint density at radius 1 is 1.20 bits per heavy atom. The van der Waals surface area contributed by atoms with Crippen molar-refractivity contribution < 1.29 is 41.5 Å².